The molecular weight excluding hydrogens is 304 g/mol. The van der Waals surface area contributed by atoms with Crippen molar-refractivity contribution in [3.63, 3.8) is 0 Å². The molecule has 2 aliphatic rings. The van der Waals surface area contributed by atoms with Gasteiger partial charge < -0.3 is 16.0 Å². The number of aromatic nitrogens is 1. The molecule has 0 aliphatic carbocycles. The highest BCUT2D eigenvalue weighted by atomic mass is 16.2. The molecular formula is C18H18N4O2. The number of hydrogen-bond acceptors (Lipinski definition) is 4. The fourth-order valence-electron chi connectivity index (χ4n) is 3.12. The molecule has 2 aromatic rings. The summed E-state index contributed by atoms with van der Waals surface area (Å²) in [6.45, 7) is 1.66. The summed E-state index contributed by atoms with van der Waals surface area (Å²) in [7, 11) is 0. The van der Waals surface area contributed by atoms with Crippen LogP contribution in [0.2, 0.25) is 0 Å². The van der Waals surface area contributed by atoms with E-state index in [4.69, 9.17) is 0 Å². The maximum atomic E-state index is 12.5. The Morgan fingerprint density at radius 2 is 2.04 bits per heavy atom. The molecule has 1 aromatic heterocycles. The van der Waals surface area contributed by atoms with Crippen molar-refractivity contribution in [3.8, 4) is 0 Å². The van der Waals surface area contributed by atoms with Gasteiger partial charge in [-0.25, -0.2) is 0 Å². The van der Waals surface area contributed by atoms with Crippen molar-refractivity contribution in [2.75, 3.05) is 17.2 Å². The number of pyridine rings is 1. The number of benzene rings is 1. The van der Waals surface area contributed by atoms with Crippen LogP contribution in [0.4, 0.5) is 11.4 Å². The molecule has 0 saturated heterocycles. The van der Waals surface area contributed by atoms with Crippen LogP contribution < -0.4 is 16.0 Å². The summed E-state index contributed by atoms with van der Waals surface area (Å²) in [6.07, 6.45) is 3.74. The summed E-state index contributed by atoms with van der Waals surface area (Å²) in [5, 5.41) is 8.99. The molecule has 24 heavy (non-hydrogen) atoms. The number of carbonyl (C=O) groups is 2. The first-order chi connectivity index (χ1) is 11.7. The predicted molar refractivity (Wildman–Crippen MR) is 91.0 cm³/mol. The second-order valence-corrected chi connectivity index (χ2v) is 6.13. The van der Waals surface area contributed by atoms with E-state index in [1.165, 1.54) is 0 Å². The molecule has 6 heteroatoms. The quantitative estimate of drug-likeness (QED) is 0.788. The molecule has 4 rings (SSSR count). The maximum absolute atomic E-state index is 12.5. The zero-order valence-electron chi connectivity index (χ0n) is 13.2. The Hall–Kier alpha value is -2.73. The van der Waals surface area contributed by atoms with E-state index in [2.05, 4.69) is 20.9 Å². The van der Waals surface area contributed by atoms with Gasteiger partial charge in [-0.15, -0.1) is 0 Å². The van der Waals surface area contributed by atoms with E-state index in [9.17, 15) is 9.59 Å². The van der Waals surface area contributed by atoms with Crippen LogP contribution in [-0.2, 0) is 24.2 Å². The standard InChI is InChI=1S/C18H18N4O2/c23-17-4-2-11-1-3-14(8-15(11)22-17)21-18(24)13-7-12-5-6-19-10-16(12)20-9-13/h1,3,7-9,19H,2,4-6,10H2,(H,21,24)(H,22,23). The Balaban J connectivity index is 1.54. The lowest BCUT2D eigenvalue weighted by molar-refractivity contribution is -0.116. The molecule has 3 N–H and O–H groups in total. The normalized spacial score (nSPS) is 15.9. The lowest BCUT2D eigenvalue weighted by Crippen LogP contribution is -2.25. The van der Waals surface area contributed by atoms with E-state index < -0.39 is 0 Å². The van der Waals surface area contributed by atoms with Crippen LogP contribution in [0.15, 0.2) is 30.5 Å². The fraction of sp³-hybridized carbons (Fsp3) is 0.278. The zero-order valence-corrected chi connectivity index (χ0v) is 13.2. The van der Waals surface area contributed by atoms with E-state index in [1.54, 1.807) is 12.3 Å². The highest BCUT2D eigenvalue weighted by Gasteiger charge is 2.17. The SMILES string of the molecule is O=C1CCc2ccc(NC(=O)c3cnc4c(c3)CCNC4)cc2N1. The second-order valence-electron chi connectivity index (χ2n) is 6.13. The van der Waals surface area contributed by atoms with Gasteiger partial charge in [0.1, 0.15) is 0 Å². The first-order valence-electron chi connectivity index (χ1n) is 8.12. The molecule has 122 valence electrons. The number of nitrogens with one attached hydrogen (secondary N) is 3. The summed E-state index contributed by atoms with van der Waals surface area (Å²) >= 11 is 0. The van der Waals surface area contributed by atoms with Crippen molar-refractivity contribution < 1.29 is 9.59 Å². The zero-order chi connectivity index (χ0) is 16.5. The summed E-state index contributed by atoms with van der Waals surface area (Å²) in [4.78, 5) is 28.4. The number of rotatable bonds is 2. The van der Waals surface area contributed by atoms with E-state index in [1.807, 2.05) is 18.2 Å². The molecule has 0 unspecified atom stereocenters. The number of carbonyl (C=O) groups excluding carboxylic acids is 2. The highest BCUT2D eigenvalue weighted by Crippen LogP contribution is 2.26. The third-order valence-electron chi connectivity index (χ3n) is 4.45. The molecule has 6 nitrogen and oxygen atoms in total. The number of hydrogen-bond donors (Lipinski definition) is 3. The van der Waals surface area contributed by atoms with E-state index in [0.717, 1.165) is 48.4 Å². The molecule has 1 aromatic carbocycles. The Labute approximate surface area is 139 Å². The second kappa shape index (κ2) is 6.05. The lowest BCUT2D eigenvalue weighted by atomic mass is 10.0. The number of nitrogens with zero attached hydrogens (tertiary/aromatic N) is 1. The van der Waals surface area contributed by atoms with Crippen LogP contribution in [0.25, 0.3) is 0 Å². The van der Waals surface area contributed by atoms with Gasteiger partial charge in [-0.05, 0) is 48.7 Å². The van der Waals surface area contributed by atoms with Crippen molar-refractivity contribution in [3.05, 3.63) is 52.8 Å². The minimum atomic E-state index is -0.189. The summed E-state index contributed by atoms with van der Waals surface area (Å²) in [5.74, 6) is -0.176. The lowest BCUT2D eigenvalue weighted by Gasteiger charge is -2.18. The average molecular weight is 322 g/mol. The summed E-state index contributed by atoms with van der Waals surface area (Å²) in [5.41, 5.74) is 5.22. The van der Waals surface area contributed by atoms with Gasteiger partial charge in [0.05, 0.1) is 11.3 Å². The van der Waals surface area contributed by atoms with Crippen molar-refractivity contribution in [2.45, 2.75) is 25.8 Å². The van der Waals surface area contributed by atoms with Gasteiger partial charge in [-0.2, -0.15) is 0 Å². The van der Waals surface area contributed by atoms with E-state index >= 15 is 0 Å². The number of anilines is 2. The van der Waals surface area contributed by atoms with E-state index in [0.29, 0.717) is 17.7 Å². The third kappa shape index (κ3) is 2.88. The van der Waals surface area contributed by atoms with Gasteiger partial charge in [0.15, 0.2) is 0 Å². The molecule has 0 fully saturated rings. The molecule has 2 amide bonds. The molecule has 0 spiro atoms. The van der Waals surface area contributed by atoms with Crippen molar-refractivity contribution in [1.29, 1.82) is 0 Å². The van der Waals surface area contributed by atoms with Gasteiger partial charge in [0.2, 0.25) is 5.91 Å². The van der Waals surface area contributed by atoms with Gasteiger partial charge in [-0.3, -0.25) is 14.6 Å². The fourth-order valence-corrected chi connectivity index (χ4v) is 3.12. The van der Waals surface area contributed by atoms with Crippen LogP contribution in [0.3, 0.4) is 0 Å². The Bertz CT molecular complexity index is 832. The van der Waals surface area contributed by atoms with Gasteiger partial charge >= 0.3 is 0 Å². The molecule has 0 radical (unpaired) electrons. The molecule has 0 atom stereocenters. The maximum Gasteiger partial charge on any atom is 0.257 e. The van der Waals surface area contributed by atoms with Crippen LogP contribution in [0.5, 0.6) is 0 Å². The Kier molecular flexibility index (Phi) is 3.74. The van der Waals surface area contributed by atoms with Crippen molar-refractivity contribution in [1.82, 2.24) is 10.3 Å². The van der Waals surface area contributed by atoms with Crippen LogP contribution in [0, 0.1) is 0 Å². The minimum absolute atomic E-state index is 0.0125. The van der Waals surface area contributed by atoms with Crippen molar-refractivity contribution in [2.24, 2.45) is 0 Å². The van der Waals surface area contributed by atoms with Crippen LogP contribution in [-0.4, -0.2) is 23.3 Å². The van der Waals surface area contributed by atoms with Crippen LogP contribution >= 0.6 is 0 Å². The Morgan fingerprint density at radius 3 is 2.96 bits per heavy atom. The highest BCUT2D eigenvalue weighted by molar-refractivity contribution is 6.05. The van der Waals surface area contributed by atoms with Gasteiger partial charge in [-0.1, -0.05) is 6.07 Å². The monoisotopic (exact) mass is 322 g/mol. The average Bonchev–Trinajstić information content (AvgIpc) is 2.61. The molecule has 3 heterocycles. The predicted octanol–water partition coefficient (Wildman–Crippen LogP) is 1.86. The molecule has 0 bridgehead atoms. The first kappa shape index (κ1) is 14.8. The Morgan fingerprint density at radius 1 is 1.12 bits per heavy atom. The minimum Gasteiger partial charge on any atom is -0.326 e. The number of amides is 2. The van der Waals surface area contributed by atoms with Gasteiger partial charge in [0.25, 0.3) is 5.91 Å². The molecule has 0 saturated carbocycles. The largest absolute Gasteiger partial charge is 0.326 e. The topological polar surface area (TPSA) is 83.1 Å². The molecule has 2 aliphatic heterocycles. The summed E-state index contributed by atoms with van der Waals surface area (Å²) < 4.78 is 0. The first-order valence-corrected chi connectivity index (χ1v) is 8.12. The summed E-state index contributed by atoms with van der Waals surface area (Å²) in [6, 6.07) is 7.53. The van der Waals surface area contributed by atoms with E-state index in [-0.39, 0.29) is 11.8 Å². The van der Waals surface area contributed by atoms with Gasteiger partial charge in [0, 0.05) is 30.5 Å². The van der Waals surface area contributed by atoms with Crippen molar-refractivity contribution >= 4 is 23.2 Å². The number of fused-ring (bicyclic) bond motifs is 2. The van der Waals surface area contributed by atoms with Crippen LogP contribution in [0.1, 0.15) is 33.6 Å². The number of aryl methyl sites for hydroxylation is 1. The third-order valence-corrected chi connectivity index (χ3v) is 4.45. The smallest absolute Gasteiger partial charge is 0.257 e.